The third-order valence-electron chi connectivity index (χ3n) is 3.21. The Morgan fingerprint density at radius 2 is 2.19 bits per heavy atom. The number of carbonyl (C=O) groups is 1. The Labute approximate surface area is 135 Å². The van der Waals surface area contributed by atoms with Crippen molar-refractivity contribution in [1.29, 1.82) is 0 Å². The fourth-order valence-corrected chi connectivity index (χ4v) is 3.27. The van der Waals surface area contributed by atoms with Gasteiger partial charge in [0.2, 0.25) is 11.0 Å². The molecule has 21 heavy (non-hydrogen) atoms. The highest BCUT2D eigenvalue weighted by Crippen LogP contribution is 2.42. The molecular formula is C14H15BrN4OS. The summed E-state index contributed by atoms with van der Waals surface area (Å²) in [5.41, 5.74) is 0.770. The van der Waals surface area contributed by atoms with E-state index >= 15 is 0 Å². The minimum absolute atomic E-state index is 0.0763. The molecule has 0 spiro atoms. The number of likely N-dealkylation sites (N-methyl/N-ethyl adjacent to an activating group) is 1. The summed E-state index contributed by atoms with van der Waals surface area (Å²) in [4.78, 5) is 13.9. The third kappa shape index (κ3) is 3.59. The topological polar surface area (TPSA) is 58.1 Å². The molecule has 0 atom stereocenters. The summed E-state index contributed by atoms with van der Waals surface area (Å²) in [6.45, 7) is 0.251. The van der Waals surface area contributed by atoms with Crippen LogP contribution in [0.4, 0.5) is 10.8 Å². The normalized spacial score (nSPS) is 14.0. The number of hydrogen-bond acceptors (Lipinski definition) is 5. The van der Waals surface area contributed by atoms with Crippen molar-refractivity contribution in [3.63, 3.8) is 0 Å². The van der Waals surface area contributed by atoms with E-state index in [-0.39, 0.29) is 12.5 Å². The molecule has 5 nitrogen and oxygen atoms in total. The number of carbonyl (C=O) groups excluding carboxylic acids is 1. The van der Waals surface area contributed by atoms with Crippen LogP contribution >= 0.6 is 27.3 Å². The molecule has 2 aromatic rings. The molecule has 1 N–H and O–H groups in total. The predicted octanol–water partition coefficient (Wildman–Crippen LogP) is 3.25. The zero-order valence-electron chi connectivity index (χ0n) is 11.5. The van der Waals surface area contributed by atoms with Gasteiger partial charge in [-0.3, -0.25) is 4.79 Å². The van der Waals surface area contributed by atoms with Crippen molar-refractivity contribution in [3.8, 4) is 0 Å². The summed E-state index contributed by atoms with van der Waals surface area (Å²) in [6, 6.07) is 7.55. The lowest BCUT2D eigenvalue weighted by Crippen LogP contribution is -2.30. The average Bonchev–Trinajstić information content (AvgIpc) is 3.18. The minimum Gasteiger partial charge on any atom is -0.340 e. The molecule has 3 rings (SSSR count). The minimum atomic E-state index is -0.0763. The molecule has 1 heterocycles. The second kappa shape index (κ2) is 6.11. The highest BCUT2D eigenvalue weighted by atomic mass is 79.9. The monoisotopic (exact) mass is 366 g/mol. The van der Waals surface area contributed by atoms with Gasteiger partial charge in [-0.25, -0.2) is 0 Å². The first-order chi connectivity index (χ1) is 10.1. The quantitative estimate of drug-likeness (QED) is 0.882. The smallest absolute Gasteiger partial charge is 0.243 e. The SMILES string of the molecule is CN(CC(=O)Nc1ccccc1Br)c1nnc(C2CC2)s1. The second-order valence-electron chi connectivity index (χ2n) is 5.08. The second-order valence-corrected chi connectivity index (χ2v) is 6.92. The number of halogens is 1. The van der Waals surface area contributed by atoms with E-state index in [0.717, 1.165) is 20.3 Å². The number of aromatic nitrogens is 2. The maximum atomic E-state index is 12.1. The van der Waals surface area contributed by atoms with Crippen LogP contribution in [0.25, 0.3) is 0 Å². The van der Waals surface area contributed by atoms with E-state index in [1.54, 1.807) is 11.3 Å². The maximum Gasteiger partial charge on any atom is 0.243 e. The lowest BCUT2D eigenvalue weighted by Gasteiger charge is -2.15. The standard InChI is InChI=1S/C14H15BrN4OS/c1-19(14-18-17-13(21-14)9-6-7-9)8-12(20)16-11-5-3-2-4-10(11)15/h2-5,9H,6-8H2,1H3,(H,16,20). The fraction of sp³-hybridized carbons (Fsp3) is 0.357. The van der Waals surface area contributed by atoms with Crippen LogP contribution in [-0.2, 0) is 4.79 Å². The lowest BCUT2D eigenvalue weighted by molar-refractivity contribution is -0.114. The molecule has 1 aliphatic carbocycles. The molecule has 1 fully saturated rings. The van der Waals surface area contributed by atoms with Crippen LogP contribution in [0.3, 0.4) is 0 Å². The Bertz CT molecular complexity index is 656. The number of para-hydroxylation sites is 1. The van der Waals surface area contributed by atoms with Gasteiger partial charge >= 0.3 is 0 Å². The fourth-order valence-electron chi connectivity index (χ4n) is 1.91. The summed E-state index contributed by atoms with van der Waals surface area (Å²) in [5.74, 6) is 0.520. The molecule has 0 saturated heterocycles. The van der Waals surface area contributed by atoms with Crippen LogP contribution in [0.2, 0.25) is 0 Å². The maximum absolute atomic E-state index is 12.1. The Kier molecular flexibility index (Phi) is 4.21. The van der Waals surface area contributed by atoms with Crippen molar-refractivity contribution in [2.75, 3.05) is 23.8 Å². The number of benzene rings is 1. The molecule has 1 saturated carbocycles. The van der Waals surface area contributed by atoms with Crippen molar-refractivity contribution >= 4 is 44.0 Å². The number of hydrogen-bond donors (Lipinski definition) is 1. The molecule has 0 radical (unpaired) electrons. The van der Waals surface area contributed by atoms with Crippen LogP contribution in [-0.4, -0.2) is 29.7 Å². The van der Waals surface area contributed by atoms with Crippen LogP contribution in [0.5, 0.6) is 0 Å². The summed E-state index contributed by atoms with van der Waals surface area (Å²) >= 11 is 4.99. The molecule has 7 heteroatoms. The number of anilines is 2. The summed E-state index contributed by atoms with van der Waals surface area (Å²) < 4.78 is 0.868. The van der Waals surface area contributed by atoms with Crippen molar-refractivity contribution in [1.82, 2.24) is 10.2 Å². The molecule has 0 bridgehead atoms. The predicted molar refractivity (Wildman–Crippen MR) is 87.9 cm³/mol. The number of rotatable bonds is 5. The van der Waals surface area contributed by atoms with Crippen LogP contribution in [0.15, 0.2) is 28.7 Å². The molecule has 0 unspecified atom stereocenters. The highest BCUT2D eigenvalue weighted by Gasteiger charge is 2.28. The van der Waals surface area contributed by atoms with E-state index in [1.165, 1.54) is 12.8 Å². The zero-order chi connectivity index (χ0) is 14.8. The van der Waals surface area contributed by atoms with Crippen molar-refractivity contribution in [2.45, 2.75) is 18.8 Å². The van der Waals surface area contributed by atoms with Crippen LogP contribution < -0.4 is 10.2 Å². The van der Waals surface area contributed by atoms with Crippen molar-refractivity contribution in [2.24, 2.45) is 0 Å². The molecule has 1 aromatic carbocycles. The van der Waals surface area contributed by atoms with Gasteiger partial charge in [0, 0.05) is 17.4 Å². The van der Waals surface area contributed by atoms with E-state index in [0.29, 0.717) is 5.92 Å². The van der Waals surface area contributed by atoms with Gasteiger partial charge in [-0.15, -0.1) is 10.2 Å². The van der Waals surface area contributed by atoms with E-state index in [4.69, 9.17) is 0 Å². The number of amides is 1. The summed E-state index contributed by atoms with van der Waals surface area (Å²) in [7, 11) is 1.86. The van der Waals surface area contributed by atoms with Crippen molar-refractivity contribution in [3.05, 3.63) is 33.7 Å². The third-order valence-corrected chi connectivity index (χ3v) is 5.10. The lowest BCUT2D eigenvalue weighted by atomic mass is 10.3. The van der Waals surface area contributed by atoms with E-state index < -0.39 is 0 Å². The molecule has 1 aromatic heterocycles. The van der Waals surface area contributed by atoms with Gasteiger partial charge in [-0.2, -0.15) is 0 Å². The van der Waals surface area contributed by atoms with Crippen LogP contribution in [0, 0.1) is 0 Å². The van der Waals surface area contributed by atoms with Gasteiger partial charge in [-0.1, -0.05) is 23.5 Å². The molecule has 1 aliphatic rings. The van der Waals surface area contributed by atoms with Gasteiger partial charge in [-0.05, 0) is 40.9 Å². The molecule has 0 aliphatic heterocycles. The van der Waals surface area contributed by atoms with Gasteiger partial charge in [0.25, 0.3) is 0 Å². The number of nitrogens with zero attached hydrogens (tertiary/aromatic N) is 3. The molecular weight excluding hydrogens is 352 g/mol. The summed E-state index contributed by atoms with van der Waals surface area (Å²) in [6.07, 6.45) is 2.42. The first-order valence-electron chi connectivity index (χ1n) is 6.72. The summed E-state index contributed by atoms with van der Waals surface area (Å²) in [5, 5.41) is 13.1. The van der Waals surface area contributed by atoms with Gasteiger partial charge in [0.1, 0.15) is 5.01 Å². The number of nitrogens with one attached hydrogen (secondary N) is 1. The average molecular weight is 367 g/mol. The largest absolute Gasteiger partial charge is 0.340 e. The Balaban J connectivity index is 1.59. The zero-order valence-corrected chi connectivity index (χ0v) is 13.9. The Hall–Kier alpha value is -1.47. The Morgan fingerprint density at radius 3 is 2.90 bits per heavy atom. The van der Waals surface area contributed by atoms with E-state index in [2.05, 4.69) is 31.4 Å². The van der Waals surface area contributed by atoms with E-state index in [1.807, 2.05) is 36.2 Å². The van der Waals surface area contributed by atoms with Gasteiger partial charge in [0.05, 0.1) is 12.2 Å². The Morgan fingerprint density at radius 1 is 1.43 bits per heavy atom. The van der Waals surface area contributed by atoms with Crippen LogP contribution in [0.1, 0.15) is 23.8 Å². The first-order valence-corrected chi connectivity index (χ1v) is 8.33. The first kappa shape index (κ1) is 14.5. The van der Waals surface area contributed by atoms with Gasteiger partial charge in [0.15, 0.2) is 0 Å². The van der Waals surface area contributed by atoms with E-state index in [9.17, 15) is 4.79 Å². The highest BCUT2D eigenvalue weighted by molar-refractivity contribution is 9.10. The van der Waals surface area contributed by atoms with Crippen molar-refractivity contribution < 1.29 is 4.79 Å². The molecule has 1 amide bonds. The molecule has 110 valence electrons. The van der Waals surface area contributed by atoms with Gasteiger partial charge < -0.3 is 10.2 Å².